The third-order valence-electron chi connectivity index (χ3n) is 4.37. The van der Waals surface area contributed by atoms with Crippen molar-refractivity contribution in [1.29, 1.82) is 0 Å². The van der Waals surface area contributed by atoms with Gasteiger partial charge in [-0.05, 0) is 52.8 Å². The molecule has 0 radical (unpaired) electrons. The van der Waals surface area contributed by atoms with Crippen LogP contribution in [0.1, 0.15) is 48.5 Å². The van der Waals surface area contributed by atoms with Gasteiger partial charge in [0.25, 0.3) is 0 Å². The van der Waals surface area contributed by atoms with E-state index < -0.39 is 11.0 Å². The summed E-state index contributed by atoms with van der Waals surface area (Å²) in [5.41, 5.74) is -1.07. The van der Waals surface area contributed by atoms with Gasteiger partial charge in [-0.15, -0.1) is 0 Å². The fourth-order valence-electron chi connectivity index (χ4n) is 1.47. The summed E-state index contributed by atoms with van der Waals surface area (Å²) in [6, 6.07) is 0. The molecule has 0 N–H and O–H groups in total. The zero-order valence-electron chi connectivity index (χ0n) is 12.8. The number of carbonyl (C=O) groups is 1. The molecule has 0 aliphatic carbocycles. The van der Waals surface area contributed by atoms with E-state index in [4.69, 9.17) is 21.7 Å². The summed E-state index contributed by atoms with van der Waals surface area (Å²) < 4.78 is 11.5. The van der Waals surface area contributed by atoms with E-state index in [1.54, 1.807) is 0 Å². The predicted molar refractivity (Wildman–Crippen MR) is 83.3 cm³/mol. The van der Waals surface area contributed by atoms with Gasteiger partial charge in [0, 0.05) is 0 Å². The SMILES string of the molecule is CC(C)C(C)(C)C(=O)OCC1(C)OC(=S)SC1(C)C. The lowest BCUT2D eigenvalue weighted by molar-refractivity contribution is -0.163. The first-order valence-corrected chi connectivity index (χ1v) is 7.74. The molecule has 1 atom stereocenters. The zero-order chi connectivity index (χ0) is 15.1. The molecular weight excluding hydrogens is 280 g/mol. The van der Waals surface area contributed by atoms with E-state index in [9.17, 15) is 4.79 Å². The van der Waals surface area contributed by atoms with Crippen LogP contribution >= 0.6 is 24.0 Å². The second kappa shape index (κ2) is 5.24. The Kier molecular flexibility index (Phi) is 4.63. The third kappa shape index (κ3) is 3.24. The van der Waals surface area contributed by atoms with Crippen LogP contribution in [0.2, 0.25) is 0 Å². The van der Waals surface area contributed by atoms with E-state index in [-0.39, 0.29) is 23.2 Å². The Hall–Kier alpha value is -0.290. The summed E-state index contributed by atoms with van der Waals surface area (Å²) >= 11 is 6.63. The number of thiocarbonyl (C=S) groups is 1. The number of hydrogen-bond donors (Lipinski definition) is 0. The van der Waals surface area contributed by atoms with Gasteiger partial charge in [-0.25, -0.2) is 0 Å². The number of thioether (sulfide) groups is 1. The van der Waals surface area contributed by atoms with Crippen molar-refractivity contribution in [1.82, 2.24) is 0 Å². The van der Waals surface area contributed by atoms with E-state index in [0.29, 0.717) is 4.38 Å². The third-order valence-corrected chi connectivity index (χ3v) is 5.89. The van der Waals surface area contributed by atoms with Gasteiger partial charge in [0.05, 0.1) is 10.2 Å². The molecule has 0 amide bonds. The molecule has 1 unspecified atom stereocenters. The molecule has 110 valence electrons. The first-order valence-electron chi connectivity index (χ1n) is 6.51. The van der Waals surface area contributed by atoms with Gasteiger partial charge in [-0.3, -0.25) is 4.79 Å². The summed E-state index contributed by atoms with van der Waals surface area (Å²) in [5, 5.41) is 0. The van der Waals surface area contributed by atoms with Crippen LogP contribution in [0.3, 0.4) is 0 Å². The highest BCUT2D eigenvalue weighted by atomic mass is 32.2. The number of rotatable bonds is 4. The number of carbonyl (C=O) groups excluding carboxylic acids is 1. The van der Waals surface area contributed by atoms with Crippen LogP contribution in [0.4, 0.5) is 0 Å². The Morgan fingerprint density at radius 3 is 2.32 bits per heavy atom. The van der Waals surface area contributed by atoms with Gasteiger partial charge in [-0.1, -0.05) is 25.6 Å². The lowest BCUT2D eigenvalue weighted by Crippen LogP contribution is -2.48. The van der Waals surface area contributed by atoms with Crippen molar-refractivity contribution in [3.63, 3.8) is 0 Å². The van der Waals surface area contributed by atoms with Crippen LogP contribution in [0.15, 0.2) is 0 Å². The average molecular weight is 304 g/mol. The Bertz CT molecular complexity index is 388. The molecule has 1 aliphatic rings. The standard InChI is InChI=1S/C14H24O3S2/c1-9(2)12(3,4)10(15)16-8-14(7)13(5,6)19-11(18)17-14/h9H,8H2,1-7H3. The first kappa shape index (κ1) is 16.8. The Morgan fingerprint density at radius 1 is 1.42 bits per heavy atom. The molecule has 3 nitrogen and oxygen atoms in total. The summed E-state index contributed by atoms with van der Waals surface area (Å²) in [6.07, 6.45) is 0. The Morgan fingerprint density at radius 2 is 1.95 bits per heavy atom. The van der Waals surface area contributed by atoms with E-state index >= 15 is 0 Å². The molecule has 0 aromatic heterocycles. The Labute approximate surface area is 125 Å². The normalized spacial score (nSPS) is 26.4. The van der Waals surface area contributed by atoms with Crippen LogP contribution in [-0.2, 0) is 14.3 Å². The molecule has 1 saturated heterocycles. The second-order valence-corrected chi connectivity index (χ2v) is 8.87. The van der Waals surface area contributed by atoms with Crippen LogP contribution < -0.4 is 0 Å². The van der Waals surface area contributed by atoms with Crippen molar-refractivity contribution in [2.75, 3.05) is 6.61 Å². The van der Waals surface area contributed by atoms with Crippen molar-refractivity contribution in [2.24, 2.45) is 11.3 Å². The van der Waals surface area contributed by atoms with Gasteiger partial charge in [0.2, 0.25) is 4.38 Å². The average Bonchev–Trinajstić information content (AvgIpc) is 2.43. The smallest absolute Gasteiger partial charge is 0.311 e. The molecular formula is C14H24O3S2. The van der Waals surface area contributed by atoms with Gasteiger partial charge in [0.15, 0.2) is 5.60 Å². The number of hydrogen-bond acceptors (Lipinski definition) is 5. The van der Waals surface area contributed by atoms with Crippen LogP contribution in [-0.4, -0.2) is 27.3 Å². The Balaban J connectivity index is 2.72. The maximum Gasteiger partial charge on any atom is 0.311 e. The zero-order valence-corrected chi connectivity index (χ0v) is 14.5. The summed E-state index contributed by atoms with van der Waals surface area (Å²) in [7, 11) is 0. The largest absolute Gasteiger partial charge is 0.467 e. The highest BCUT2D eigenvalue weighted by Crippen LogP contribution is 2.46. The number of esters is 1. The fourth-order valence-corrected chi connectivity index (χ4v) is 3.24. The minimum atomic E-state index is -0.572. The fraction of sp³-hybridized carbons (Fsp3) is 0.857. The van der Waals surface area contributed by atoms with E-state index in [2.05, 4.69) is 13.8 Å². The van der Waals surface area contributed by atoms with Crippen LogP contribution in [0, 0.1) is 11.3 Å². The summed E-state index contributed by atoms with van der Waals surface area (Å²) in [6.45, 7) is 14.1. The number of ether oxygens (including phenoxy) is 2. The molecule has 1 rings (SSSR count). The van der Waals surface area contributed by atoms with E-state index in [0.717, 1.165) is 0 Å². The molecule has 1 heterocycles. The quantitative estimate of drug-likeness (QED) is 0.583. The molecule has 5 heteroatoms. The topological polar surface area (TPSA) is 35.5 Å². The molecule has 19 heavy (non-hydrogen) atoms. The van der Waals surface area contributed by atoms with Crippen molar-refractivity contribution in [3.8, 4) is 0 Å². The lowest BCUT2D eigenvalue weighted by atomic mass is 9.81. The maximum atomic E-state index is 12.2. The minimum Gasteiger partial charge on any atom is -0.467 e. The predicted octanol–water partition coefficient (Wildman–Crippen LogP) is 3.80. The lowest BCUT2D eigenvalue weighted by Gasteiger charge is -2.35. The molecule has 1 fully saturated rings. The van der Waals surface area contributed by atoms with Gasteiger partial charge < -0.3 is 9.47 Å². The van der Waals surface area contributed by atoms with E-state index in [1.807, 2.05) is 34.6 Å². The summed E-state index contributed by atoms with van der Waals surface area (Å²) in [4.78, 5) is 12.2. The maximum absolute atomic E-state index is 12.2. The minimum absolute atomic E-state index is 0.189. The molecule has 0 spiro atoms. The molecule has 1 aliphatic heterocycles. The first-order chi connectivity index (χ1) is 8.42. The molecule has 0 aromatic carbocycles. The van der Waals surface area contributed by atoms with Gasteiger partial charge >= 0.3 is 5.97 Å². The van der Waals surface area contributed by atoms with E-state index in [1.165, 1.54) is 11.8 Å². The monoisotopic (exact) mass is 304 g/mol. The highest BCUT2D eigenvalue weighted by molar-refractivity contribution is 8.23. The summed E-state index contributed by atoms with van der Waals surface area (Å²) in [5.74, 6) is 0.0340. The van der Waals surface area contributed by atoms with Gasteiger partial charge in [0.1, 0.15) is 6.61 Å². The van der Waals surface area contributed by atoms with Crippen LogP contribution in [0.5, 0.6) is 0 Å². The van der Waals surface area contributed by atoms with Crippen molar-refractivity contribution in [2.45, 2.75) is 58.8 Å². The highest BCUT2D eigenvalue weighted by Gasteiger charge is 2.52. The van der Waals surface area contributed by atoms with Crippen molar-refractivity contribution in [3.05, 3.63) is 0 Å². The van der Waals surface area contributed by atoms with Crippen LogP contribution in [0.25, 0.3) is 0 Å². The molecule has 0 bridgehead atoms. The molecule has 0 aromatic rings. The van der Waals surface area contributed by atoms with Crippen molar-refractivity contribution >= 4 is 34.3 Å². The van der Waals surface area contributed by atoms with Gasteiger partial charge in [-0.2, -0.15) is 0 Å². The second-order valence-electron chi connectivity index (χ2n) is 6.65. The van der Waals surface area contributed by atoms with Crippen molar-refractivity contribution < 1.29 is 14.3 Å². The molecule has 0 saturated carbocycles.